The molecule has 0 aliphatic carbocycles. The number of hydrogen-bond donors (Lipinski definition) is 3. The molecule has 160 valence electrons. The second kappa shape index (κ2) is 11.6. The van der Waals surface area contributed by atoms with Crippen molar-refractivity contribution in [3.8, 4) is 0 Å². The molecule has 2 amide bonds. The van der Waals surface area contributed by atoms with E-state index in [-0.39, 0.29) is 23.9 Å². The van der Waals surface area contributed by atoms with Gasteiger partial charge >= 0.3 is 0 Å². The van der Waals surface area contributed by atoms with E-state index in [1.165, 1.54) is 23.0 Å². The standard InChI is InChI=1S/C22H29N5O2S/c1-2-20-26-27-22(30-20)25-19(28)14-13-17(12-11-16-8-4-3-5-9-16)24-21(29)18-10-6-7-15-23-18/h3-5,8-9,13-14,17-18,23H,2,6-7,10-12,15H2,1H3,(H,24,29)(H,25,27,28). The minimum atomic E-state index is -0.274. The quantitative estimate of drug-likeness (QED) is 0.535. The van der Waals surface area contributed by atoms with Crippen molar-refractivity contribution in [3.63, 3.8) is 0 Å². The summed E-state index contributed by atoms with van der Waals surface area (Å²) in [5.74, 6) is -0.280. The van der Waals surface area contributed by atoms with Crippen LogP contribution >= 0.6 is 11.3 Å². The first-order chi connectivity index (χ1) is 14.6. The van der Waals surface area contributed by atoms with Crippen molar-refractivity contribution >= 4 is 28.3 Å². The summed E-state index contributed by atoms with van der Waals surface area (Å²) in [4.78, 5) is 25.0. The molecule has 8 heteroatoms. The molecule has 1 aliphatic heterocycles. The second-order valence-corrected chi connectivity index (χ2v) is 8.41. The largest absolute Gasteiger partial charge is 0.349 e. The summed E-state index contributed by atoms with van der Waals surface area (Å²) in [5.41, 5.74) is 1.20. The van der Waals surface area contributed by atoms with E-state index in [2.05, 4.69) is 38.3 Å². The summed E-state index contributed by atoms with van der Waals surface area (Å²) in [6.07, 6.45) is 8.55. The zero-order valence-corrected chi connectivity index (χ0v) is 18.1. The van der Waals surface area contributed by atoms with Gasteiger partial charge in [-0.25, -0.2) is 0 Å². The maximum atomic E-state index is 12.7. The van der Waals surface area contributed by atoms with Gasteiger partial charge in [-0.05, 0) is 44.2 Å². The van der Waals surface area contributed by atoms with E-state index in [0.717, 1.165) is 43.7 Å². The molecule has 1 fully saturated rings. The van der Waals surface area contributed by atoms with Crippen molar-refractivity contribution in [1.29, 1.82) is 0 Å². The number of carbonyl (C=O) groups excluding carboxylic acids is 2. The maximum absolute atomic E-state index is 12.7. The SMILES string of the molecule is CCc1nnc(NC(=O)C=CC(CCc2ccccc2)NC(=O)C2CCCCN2)s1. The van der Waals surface area contributed by atoms with E-state index < -0.39 is 0 Å². The first-order valence-electron chi connectivity index (χ1n) is 10.5. The van der Waals surface area contributed by atoms with Gasteiger partial charge in [0.15, 0.2) is 0 Å². The lowest BCUT2D eigenvalue weighted by Crippen LogP contribution is -2.49. The van der Waals surface area contributed by atoms with E-state index in [4.69, 9.17) is 0 Å². The van der Waals surface area contributed by atoms with Gasteiger partial charge in [0, 0.05) is 12.1 Å². The summed E-state index contributed by atoms with van der Waals surface area (Å²) < 4.78 is 0. The number of rotatable bonds is 9. The maximum Gasteiger partial charge on any atom is 0.249 e. The number of aromatic nitrogens is 2. The van der Waals surface area contributed by atoms with Crippen LogP contribution in [0.5, 0.6) is 0 Å². The molecule has 1 saturated heterocycles. The predicted molar refractivity (Wildman–Crippen MR) is 119 cm³/mol. The van der Waals surface area contributed by atoms with Gasteiger partial charge in [0.2, 0.25) is 16.9 Å². The Labute approximate surface area is 181 Å². The Morgan fingerprint density at radius 2 is 2.10 bits per heavy atom. The molecule has 0 spiro atoms. The number of benzene rings is 1. The summed E-state index contributed by atoms with van der Waals surface area (Å²) >= 11 is 1.37. The number of aryl methyl sites for hydroxylation is 2. The van der Waals surface area contributed by atoms with Gasteiger partial charge < -0.3 is 10.6 Å². The van der Waals surface area contributed by atoms with Gasteiger partial charge in [-0.2, -0.15) is 0 Å². The summed E-state index contributed by atoms with van der Waals surface area (Å²) in [6.45, 7) is 2.86. The topological polar surface area (TPSA) is 96.0 Å². The Kier molecular flexibility index (Phi) is 8.53. The Morgan fingerprint density at radius 3 is 2.80 bits per heavy atom. The molecule has 1 aromatic carbocycles. The van der Waals surface area contributed by atoms with Gasteiger partial charge in [-0.1, -0.05) is 61.1 Å². The number of carbonyl (C=O) groups is 2. The van der Waals surface area contributed by atoms with Crippen LogP contribution in [0.25, 0.3) is 0 Å². The molecule has 2 heterocycles. The number of nitrogens with one attached hydrogen (secondary N) is 3. The third-order valence-electron chi connectivity index (χ3n) is 5.02. The molecule has 2 aromatic rings. The highest BCUT2D eigenvalue weighted by molar-refractivity contribution is 7.15. The highest BCUT2D eigenvalue weighted by Crippen LogP contribution is 2.15. The van der Waals surface area contributed by atoms with Crippen LogP contribution in [-0.4, -0.2) is 40.6 Å². The lowest BCUT2D eigenvalue weighted by atomic mass is 10.0. The van der Waals surface area contributed by atoms with E-state index in [0.29, 0.717) is 11.6 Å². The minimum Gasteiger partial charge on any atom is -0.349 e. The summed E-state index contributed by atoms with van der Waals surface area (Å²) in [6, 6.07) is 9.74. The molecule has 2 unspecified atom stereocenters. The first-order valence-corrected chi connectivity index (χ1v) is 11.3. The zero-order valence-electron chi connectivity index (χ0n) is 17.3. The van der Waals surface area contributed by atoms with Gasteiger partial charge in [0.25, 0.3) is 0 Å². The fourth-order valence-corrected chi connectivity index (χ4v) is 4.02. The van der Waals surface area contributed by atoms with Gasteiger partial charge in [-0.3, -0.25) is 14.9 Å². The highest BCUT2D eigenvalue weighted by atomic mass is 32.1. The number of piperidine rings is 1. The number of hydrogen-bond acceptors (Lipinski definition) is 6. The molecule has 0 bridgehead atoms. The van der Waals surface area contributed by atoms with Crippen LogP contribution in [0.2, 0.25) is 0 Å². The Balaban J connectivity index is 1.60. The average Bonchev–Trinajstić information content (AvgIpc) is 3.24. The third-order valence-corrected chi connectivity index (χ3v) is 6.00. The average molecular weight is 428 g/mol. The molecule has 0 saturated carbocycles. The smallest absolute Gasteiger partial charge is 0.249 e. The molecular weight excluding hydrogens is 398 g/mol. The van der Waals surface area contributed by atoms with Crippen LogP contribution < -0.4 is 16.0 Å². The van der Waals surface area contributed by atoms with E-state index in [1.54, 1.807) is 6.08 Å². The fraction of sp³-hybridized carbons (Fsp3) is 0.455. The first kappa shape index (κ1) is 22.1. The summed E-state index contributed by atoms with van der Waals surface area (Å²) in [5, 5.41) is 18.4. The predicted octanol–water partition coefficient (Wildman–Crippen LogP) is 2.85. The number of nitrogens with zero attached hydrogens (tertiary/aromatic N) is 2. The fourth-order valence-electron chi connectivity index (χ4n) is 3.34. The zero-order chi connectivity index (χ0) is 21.2. The van der Waals surface area contributed by atoms with Crippen molar-refractivity contribution in [2.45, 2.75) is 57.5 Å². The molecule has 1 aromatic heterocycles. The lowest BCUT2D eigenvalue weighted by Gasteiger charge is -2.25. The number of amides is 2. The molecule has 1 aliphatic rings. The molecule has 3 N–H and O–H groups in total. The molecule has 0 radical (unpaired) electrons. The third kappa shape index (κ3) is 7.03. The van der Waals surface area contributed by atoms with Crippen LogP contribution in [0.4, 0.5) is 5.13 Å². The molecule has 2 atom stereocenters. The monoisotopic (exact) mass is 427 g/mol. The highest BCUT2D eigenvalue weighted by Gasteiger charge is 2.22. The summed E-state index contributed by atoms with van der Waals surface area (Å²) in [7, 11) is 0. The molecule has 7 nitrogen and oxygen atoms in total. The van der Waals surface area contributed by atoms with Crippen molar-refractivity contribution < 1.29 is 9.59 Å². The van der Waals surface area contributed by atoms with Crippen LogP contribution in [0.1, 0.15) is 43.2 Å². The lowest BCUT2D eigenvalue weighted by molar-refractivity contribution is -0.124. The van der Waals surface area contributed by atoms with Crippen molar-refractivity contribution in [1.82, 2.24) is 20.8 Å². The minimum absolute atomic E-state index is 0.00506. The second-order valence-electron chi connectivity index (χ2n) is 7.34. The van der Waals surface area contributed by atoms with Crippen LogP contribution in [0.3, 0.4) is 0 Å². The van der Waals surface area contributed by atoms with E-state index >= 15 is 0 Å². The van der Waals surface area contributed by atoms with Crippen molar-refractivity contribution in [2.75, 3.05) is 11.9 Å². The van der Waals surface area contributed by atoms with Crippen molar-refractivity contribution in [3.05, 3.63) is 53.1 Å². The van der Waals surface area contributed by atoms with Crippen LogP contribution in [0, 0.1) is 0 Å². The van der Waals surface area contributed by atoms with Crippen molar-refractivity contribution in [2.24, 2.45) is 0 Å². The Morgan fingerprint density at radius 1 is 1.27 bits per heavy atom. The molecule has 3 rings (SSSR count). The normalized spacial score (nSPS) is 17.6. The molecular formula is C22H29N5O2S. The number of anilines is 1. The van der Waals surface area contributed by atoms with Gasteiger partial charge in [0.05, 0.1) is 6.04 Å². The van der Waals surface area contributed by atoms with E-state index in [1.807, 2.05) is 25.1 Å². The van der Waals surface area contributed by atoms with Crippen LogP contribution in [-0.2, 0) is 22.4 Å². The Hall–Kier alpha value is -2.58. The van der Waals surface area contributed by atoms with E-state index in [9.17, 15) is 9.59 Å². The van der Waals surface area contributed by atoms with Gasteiger partial charge in [-0.15, -0.1) is 10.2 Å². The van der Waals surface area contributed by atoms with Gasteiger partial charge in [0.1, 0.15) is 5.01 Å². The van der Waals surface area contributed by atoms with Crippen LogP contribution in [0.15, 0.2) is 42.5 Å². The Bertz CT molecular complexity index is 846. The molecule has 30 heavy (non-hydrogen) atoms.